The average Bonchev–Trinajstić information content (AvgIpc) is 2.91. The third-order valence-electron chi connectivity index (χ3n) is 6.50. The number of carboxylic acid groups (broad SMARTS) is 1. The van der Waals surface area contributed by atoms with Crippen LogP contribution in [0, 0.1) is 0 Å². The first kappa shape index (κ1) is 23.6. The Balaban J connectivity index is 1.58. The van der Waals surface area contributed by atoms with Crippen molar-refractivity contribution in [3.8, 4) is 11.5 Å². The van der Waals surface area contributed by atoms with E-state index in [-0.39, 0.29) is 0 Å². The van der Waals surface area contributed by atoms with E-state index in [9.17, 15) is 9.90 Å². The quantitative estimate of drug-likeness (QED) is 0.355. The molecule has 0 bridgehead atoms. The van der Waals surface area contributed by atoms with Gasteiger partial charge in [-0.25, -0.2) is 9.78 Å². The van der Waals surface area contributed by atoms with Gasteiger partial charge >= 0.3 is 5.97 Å². The fraction of sp³-hybridized carbons (Fsp3) is 0.200. The van der Waals surface area contributed by atoms with Crippen LogP contribution in [0.25, 0.3) is 22.6 Å². The van der Waals surface area contributed by atoms with Gasteiger partial charge < -0.3 is 14.6 Å². The molecule has 0 radical (unpaired) electrons. The van der Waals surface area contributed by atoms with Crippen LogP contribution in [0.4, 0.5) is 0 Å². The Bertz CT molecular complexity index is 1450. The molecule has 6 nitrogen and oxygen atoms in total. The maximum Gasteiger partial charge on any atom is 0.336 e. The van der Waals surface area contributed by atoms with Crippen LogP contribution in [0.15, 0.2) is 72.8 Å². The van der Waals surface area contributed by atoms with Crippen molar-refractivity contribution in [1.29, 1.82) is 0 Å². The molecule has 2 heterocycles. The number of ether oxygens (including phenoxy) is 2. The van der Waals surface area contributed by atoms with Gasteiger partial charge in [-0.15, -0.1) is 0 Å². The maximum atomic E-state index is 12.4. The molecule has 36 heavy (non-hydrogen) atoms. The van der Waals surface area contributed by atoms with Gasteiger partial charge in [0, 0.05) is 24.0 Å². The Kier molecular flexibility index (Phi) is 6.69. The van der Waals surface area contributed by atoms with Crippen LogP contribution in [0.2, 0.25) is 0 Å². The van der Waals surface area contributed by atoms with E-state index >= 15 is 0 Å². The number of hydrogen-bond acceptors (Lipinski definition) is 5. The topological polar surface area (TPSA) is 71.9 Å². The summed E-state index contributed by atoms with van der Waals surface area (Å²) in [4.78, 5) is 19.5. The number of benzene rings is 3. The summed E-state index contributed by atoms with van der Waals surface area (Å²) in [5.74, 6) is 0.379. The Morgan fingerprint density at radius 2 is 1.81 bits per heavy atom. The van der Waals surface area contributed by atoms with Crippen LogP contribution in [0.3, 0.4) is 0 Å². The minimum atomic E-state index is -0.928. The lowest BCUT2D eigenvalue weighted by atomic mass is 9.92. The van der Waals surface area contributed by atoms with Gasteiger partial charge in [0.15, 0.2) is 11.5 Å². The van der Waals surface area contributed by atoms with Crippen molar-refractivity contribution in [2.75, 3.05) is 20.2 Å². The van der Waals surface area contributed by atoms with E-state index < -0.39 is 5.97 Å². The number of nitrogens with zero attached hydrogens (tertiary/aromatic N) is 2. The molecule has 0 saturated carbocycles. The molecule has 0 unspecified atom stereocenters. The zero-order chi connectivity index (χ0) is 25.1. The molecule has 0 aliphatic carbocycles. The van der Waals surface area contributed by atoms with Gasteiger partial charge in [0.2, 0.25) is 0 Å². The number of para-hydroxylation sites is 1. The molecule has 0 atom stereocenters. The number of aromatic carboxylic acids is 1. The van der Waals surface area contributed by atoms with Gasteiger partial charge in [-0.05, 0) is 47.5 Å². The third-order valence-corrected chi connectivity index (χ3v) is 6.50. The molecule has 0 fully saturated rings. The van der Waals surface area contributed by atoms with Gasteiger partial charge in [0.25, 0.3) is 0 Å². The summed E-state index contributed by atoms with van der Waals surface area (Å²) in [5.41, 5.74) is 5.51. The lowest BCUT2D eigenvalue weighted by Gasteiger charge is -2.30. The number of likely N-dealkylation sites (N-methyl/N-ethyl adjacent to an activating group) is 1. The molecule has 1 aliphatic heterocycles. The van der Waals surface area contributed by atoms with Crippen LogP contribution in [0.1, 0.15) is 39.7 Å². The molecule has 6 heteroatoms. The predicted octanol–water partition coefficient (Wildman–Crippen LogP) is 5.90. The van der Waals surface area contributed by atoms with Gasteiger partial charge in [-0.1, -0.05) is 61.5 Å². The van der Waals surface area contributed by atoms with E-state index in [1.807, 2.05) is 72.8 Å². The van der Waals surface area contributed by atoms with Gasteiger partial charge in [-0.2, -0.15) is 0 Å². The maximum absolute atomic E-state index is 12.4. The van der Waals surface area contributed by atoms with Crippen LogP contribution in [-0.2, 0) is 13.2 Å². The Morgan fingerprint density at radius 3 is 2.56 bits per heavy atom. The van der Waals surface area contributed by atoms with Crippen LogP contribution in [-0.4, -0.2) is 41.2 Å². The van der Waals surface area contributed by atoms with Gasteiger partial charge in [0.05, 0.1) is 23.9 Å². The molecule has 0 amide bonds. The van der Waals surface area contributed by atoms with Crippen LogP contribution in [0.5, 0.6) is 11.5 Å². The second-order valence-corrected chi connectivity index (χ2v) is 8.79. The zero-order valence-corrected chi connectivity index (χ0v) is 20.4. The molecule has 0 spiro atoms. The Hall–Kier alpha value is -4.16. The molecule has 4 aromatic rings. The molecule has 1 aliphatic rings. The average molecular weight is 481 g/mol. The molecule has 1 aromatic heterocycles. The first-order valence-corrected chi connectivity index (χ1v) is 12.0. The normalized spacial score (nSPS) is 14.6. The summed E-state index contributed by atoms with van der Waals surface area (Å²) in [6.07, 6.45) is 2.07. The number of methoxy groups -OCH3 is 1. The van der Waals surface area contributed by atoms with E-state index in [1.54, 1.807) is 7.11 Å². The number of rotatable bonds is 7. The summed E-state index contributed by atoms with van der Waals surface area (Å²) in [5, 5.41) is 10.8. The molecule has 1 N–H and O–H groups in total. The molecule has 182 valence electrons. The summed E-state index contributed by atoms with van der Waals surface area (Å²) < 4.78 is 11.6. The lowest BCUT2D eigenvalue weighted by Crippen LogP contribution is -2.31. The second kappa shape index (κ2) is 10.2. The summed E-state index contributed by atoms with van der Waals surface area (Å²) >= 11 is 0. The zero-order valence-electron chi connectivity index (χ0n) is 20.4. The first-order chi connectivity index (χ1) is 17.6. The van der Waals surface area contributed by atoms with E-state index in [4.69, 9.17) is 14.5 Å². The highest BCUT2D eigenvalue weighted by molar-refractivity contribution is 6.06. The van der Waals surface area contributed by atoms with E-state index in [1.165, 1.54) is 0 Å². The van der Waals surface area contributed by atoms with Crippen molar-refractivity contribution in [2.24, 2.45) is 0 Å². The minimum Gasteiger partial charge on any atom is -0.493 e. The SMILES string of the molecule is CCN1C/C(=C\c2ccc(OC)c(OCc3ccccc3)c2)c2nc3ccccc3c(C(=O)O)c2C1. The number of fused-ring (bicyclic) bond motifs is 2. The van der Waals surface area contributed by atoms with Gasteiger partial charge in [-0.3, -0.25) is 4.90 Å². The standard InChI is InChI=1S/C30H28N2O4/c1-3-32-17-22(29-24(18-32)28(30(33)34)23-11-7-8-12-25(23)31-29)15-21-13-14-26(35-2)27(16-21)36-19-20-9-5-4-6-10-20/h4-16H,3,17-19H2,1-2H3,(H,33,34)/b22-15+. The number of aromatic nitrogens is 1. The van der Waals surface area contributed by atoms with Crippen molar-refractivity contribution >= 4 is 28.5 Å². The smallest absolute Gasteiger partial charge is 0.336 e. The van der Waals surface area contributed by atoms with E-state index in [2.05, 4.69) is 17.9 Å². The highest BCUT2D eigenvalue weighted by atomic mass is 16.5. The third kappa shape index (κ3) is 4.68. The van der Waals surface area contributed by atoms with E-state index in [0.29, 0.717) is 47.7 Å². The highest BCUT2D eigenvalue weighted by Gasteiger charge is 2.28. The lowest BCUT2D eigenvalue weighted by molar-refractivity contribution is 0.0696. The first-order valence-electron chi connectivity index (χ1n) is 12.0. The largest absolute Gasteiger partial charge is 0.493 e. The number of pyridine rings is 1. The van der Waals surface area contributed by atoms with Crippen LogP contribution < -0.4 is 9.47 Å². The summed E-state index contributed by atoms with van der Waals surface area (Å²) in [6, 6.07) is 23.3. The van der Waals surface area contributed by atoms with Crippen molar-refractivity contribution in [2.45, 2.75) is 20.1 Å². The van der Waals surface area contributed by atoms with Crippen molar-refractivity contribution in [1.82, 2.24) is 9.88 Å². The fourth-order valence-electron chi connectivity index (χ4n) is 4.68. The van der Waals surface area contributed by atoms with Crippen molar-refractivity contribution < 1.29 is 19.4 Å². The van der Waals surface area contributed by atoms with Crippen molar-refractivity contribution in [3.63, 3.8) is 0 Å². The highest BCUT2D eigenvalue weighted by Crippen LogP contribution is 2.35. The summed E-state index contributed by atoms with van der Waals surface area (Å²) in [6.45, 7) is 4.55. The number of carboxylic acids is 1. The molecular formula is C30H28N2O4. The van der Waals surface area contributed by atoms with Crippen LogP contribution >= 0.6 is 0 Å². The van der Waals surface area contributed by atoms with E-state index in [0.717, 1.165) is 34.5 Å². The Labute approximate surface area is 210 Å². The monoisotopic (exact) mass is 480 g/mol. The summed E-state index contributed by atoms with van der Waals surface area (Å²) in [7, 11) is 1.63. The fourth-order valence-corrected chi connectivity index (χ4v) is 4.68. The van der Waals surface area contributed by atoms with Gasteiger partial charge in [0.1, 0.15) is 6.61 Å². The predicted molar refractivity (Wildman–Crippen MR) is 141 cm³/mol. The molecule has 3 aromatic carbocycles. The number of hydrogen-bond donors (Lipinski definition) is 1. The molecular weight excluding hydrogens is 452 g/mol. The minimum absolute atomic E-state index is 0.335. The Morgan fingerprint density at radius 1 is 1.03 bits per heavy atom. The van der Waals surface area contributed by atoms with Crippen molar-refractivity contribution in [3.05, 3.63) is 101 Å². The second-order valence-electron chi connectivity index (χ2n) is 8.79. The molecule has 0 saturated heterocycles. The molecule has 5 rings (SSSR count). The number of carbonyl (C=O) groups is 1.